The van der Waals surface area contributed by atoms with Gasteiger partial charge < -0.3 is 4.74 Å². The molecule has 2 aromatic carbocycles. The summed E-state index contributed by atoms with van der Waals surface area (Å²) in [6, 6.07) is 14.8. The Morgan fingerprint density at radius 2 is 1.97 bits per heavy atom. The normalized spacial score (nSPS) is 15.3. The molecule has 1 fully saturated rings. The fraction of sp³-hybridized carbons (Fsp3) is 0.174. The van der Waals surface area contributed by atoms with Gasteiger partial charge >= 0.3 is 0 Å². The van der Waals surface area contributed by atoms with Gasteiger partial charge in [0, 0.05) is 23.9 Å². The zero-order valence-electron chi connectivity index (χ0n) is 18.4. The fourth-order valence-electron chi connectivity index (χ4n) is 3.39. The van der Waals surface area contributed by atoms with Crippen LogP contribution in [0.25, 0.3) is 23.0 Å². The maximum absolute atomic E-state index is 12.9. The summed E-state index contributed by atoms with van der Waals surface area (Å²) in [5.41, 5.74) is 2.78. The number of carbonyl (C=O) groups excluding carboxylic acids is 1. The molecule has 8 nitrogen and oxygen atoms in total. The number of benzene rings is 2. The Balaban J connectivity index is 1.75. The van der Waals surface area contributed by atoms with Crippen molar-refractivity contribution in [1.82, 2.24) is 14.7 Å². The Kier molecular flexibility index (Phi) is 7.62. The van der Waals surface area contributed by atoms with E-state index < -0.39 is 21.8 Å². The minimum absolute atomic E-state index is 0.214. The van der Waals surface area contributed by atoms with Gasteiger partial charge in [-0.3, -0.25) is 14.2 Å². The number of thiocarbonyl (C=S) groups is 1. The van der Waals surface area contributed by atoms with Crippen molar-refractivity contribution in [2.75, 3.05) is 18.9 Å². The topological polar surface area (TPSA) is 102 Å². The van der Waals surface area contributed by atoms with Crippen LogP contribution in [0.2, 0.25) is 5.02 Å². The van der Waals surface area contributed by atoms with Crippen molar-refractivity contribution in [1.29, 1.82) is 0 Å². The first-order valence-corrected chi connectivity index (χ1v) is 13.7. The quantitative estimate of drug-likeness (QED) is 0.245. The number of hydrogen-bond acceptors (Lipinski definition) is 7. The van der Waals surface area contributed by atoms with Crippen molar-refractivity contribution in [2.24, 2.45) is 0 Å². The smallest absolute Gasteiger partial charge is 0.266 e. The first-order valence-electron chi connectivity index (χ1n) is 10.4. The Bertz CT molecular complexity index is 1420. The summed E-state index contributed by atoms with van der Waals surface area (Å²) in [4.78, 5) is 14.4. The van der Waals surface area contributed by atoms with Crippen LogP contribution in [0.3, 0.4) is 0 Å². The van der Waals surface area contributed by atoms with Gasteiger partial charge in [0.2, 0.25) is 0 Å². The van der Waals surface area contributed by atoms with E-state index in [9.17, 15) is 13.2 Å². The predicted octanol–water partition coefficient (Wildman–Crippen LogP) is 4.68. The number of ether oxygens (including phenoxy) is 1. The van der Waals surface area contributed by atoms with Crippen molar-refractivity contribution in [3.63, 3.8) is 0 Å². The summed E-state index contributed by atoms with van der Waals surface area (Å²) in [6.45, 7) is 2.12. The van der Waals surface area contributed by atoms with E-state index in [1.165, 1.54) is 0 Å². The molecule has 1 aliphatic rings. The number of aromatic nitrogens is 2. The Morgan fingerprint density at radius 3 is 2.63 bits per heavy atom. The number of thioether (sulfide) groups is 1. The van der Waals surface area contributed by atoms with Crippen molar-refractivity contribution in [3.8, 4) is 22.7 Å². The number of para-hydroxylation sites is 1. The molecular formula is C23H20ClN3O5S3. The van der Waals surface area contributed by atoms with E-state index in [1.807, 2.05) is 43.3 Å². The lowest BCUT2D eigenvalue weighted by molar-refractivity contribution is -0.121. The van der Waals surface area contributed by atoms with Crippen LogP contribution in [-0.2, 0) is 14.9 Å². The lowest BCUT2D eigenvalue weighted by Crippen LogP contribution is -2.32. The molecule has 3 aromatic rings. The second kappa shape index (κ2) is 10.5. The third-order valence-corrected chi connectivity index (χ3v) is 7.37. The lowest BCUT2D eigenvalue weighted by Gasteiger charge is -2.12. The number of nitrogens with zero attached hydrogens (tertiary/aromatic N) is 3. The second-order valence-electron chi connectivity index (χ2n) is 7.41. The summed E-state index contributed by atoms with van der Waals surface area (Å²) in [6.07, 6.45) is 3.46. The van der Waals surface area contributed by atoms with E-state index in [-0.39, 0.29) is 10.9 Å². The average molecular weight is 550 g/mol. The first kappa shape index (κ1) is 25.4. The molecule has 4 rings (SSSR count). The summed E-state index contributed by atoms with van der Waals surface area (Å²) >= 11 is 12.7. The van der Waals surface area contributed by atoms with Crippen LogP contribution in [0.15, 0.2) is 59.6 Å². The van der Waals surface area contributed by atoms with E-state index >= 15 is 0 Å². The highest BCUT2D eigenvalue weighted by Crippen LogP contribution is 2.36. The summed E-state index contributed by atoms with van der Waals surface area (Å²) in [5.74, 6) is -0.484. The van der Waals surface area contributed by atoms with Gasteiger partial charge in [0.1, 0.15) is 15.8 Å². The molecular weight excluding hydrogens is 530 g/mol. The van der Waals surface area contributed by atoms with Gasteiger partial charge in [-0.2, -0.15) is 13.5 Å². The van der Waals surface area contributed by atoms with E-state index in [0.29, 0.717) is 33.5 Å². The lowest BCUT2D eigenvalue weighted by atomic mass is 10.1. The van der Waals surface area contributed by atoms with Crippen LogP contribution in [0.1, 0.15) is 12.5 Å². The molecule has 1 amide bonds. The fourth-order valence-corrected chi connectivity index (χ4v) is 5.34. The molecule has 0 radical (unpaired) electrons. The highest BCUT2D eigenvalue weighted by molar-refractivity contribution is 8.26. The molecule has 182 valence electrons. The molecule has 0 bridgehead atoms. The second-order valence-corrected chi connectivity index (χ2v) is 11.1. The van der Waals surface area contributed by atoms with E-state index in [2.05, 4.69) is 0 Å². The monoisotopic (exact) mass is 549 g/mol. The minimum Gasteiger partial charge on any atom is -0.492 e. The standard InChI is InChI=1S/C23H20ClN3O5S3/c1-2-32-19-9-8-15(12-18(19)24)21-16(14-27(25-21)17-6-4-3-5-7-17)13-20-22(28)26(23(33)34-20)10-11-35(29,30)31/h3-9,12-14H,2,10-11H2,1H3,(H,29,30,31). The SMILES string of the molecule is CCOc1ccc(-c2nn(-c3ccccc3)cc2C=C2SC(=S)N(CCS(=O)(=O)O)C2=O)cc1Cl. The van der Waals surface area contributed by atoms with Crippen LogP contribution < -0.4 is 4.74 Å². The molecule has 2 heterocycles. The molecule has 0 unspecified atom stereocenters. The molecule has 1 saturated heterocycles. The van der Waals surface area contributed by atoms with Crippen LogP contribution in [0, 0.1) is 0 Å². The maximum atomic E-state index is 12.9. The molecule has 12 heteroatoms. The Morgan fingerprint density at radius 1 is 1.23 bits per heavy atom. The molecule has 0 aliphatic carbocycles. The van der Waals surface area contributed by atoms with Crippen LogP contribution in [0.5, 0.6) is 5.75 Å². The van der Waals surface area contributed by atoms with Crippen LogP contribution in [-0.4, -0.2) is 56.8 Å². The molecule has 0 atom stereocenters. The van der Waals surface area contributed by atoms with Gasteiger partial charge in [-0.25, -0.2) is 4.68 Å². The zero-order valence-corrected chi connectivity index (χ0v) is 21.6. The van der Waals surface area contributed by atoms with Gasteiger partial charge in [-0.15, -0.1) is 0 Å². The third-order valence-electron chi connectivity index (χ3n) is 5.00. The largest absolute Gasteiger partial charge is 0.492 e. The molecule has 1 N–H and O–H groups in total. The van der Waals surface area contributed by atoms with Crippen molar-refractivity contribution < 1.29 is 22.5 Å². The summed E-state index contributed by atoms with van der Waals surface area (Å²) < 4.78 is 38.7. The van der Waals surface area contributed by atoms with E-state index in [1.54, 1.807) is 29.1 Å². The van der Waals surface area contributed by atoms with Crippen molar-refractivity contribution >= 4 is 62.0 Å². The molecule has 1 aliphatic heterocycles. The summed E-state index contributed by atoms with van der Waals surface area (Å²) in [5, 5.41) is 5.17. The highest BCUT2D eigenvalue weighted by atomic mass is 35.5. The number of hydrogen-bond donors (Lipinski definition) is 1. The summed E-state index contributed by atoms with van der Waals surface area (Å²) in [7, 11) is -4.24. The zero-order chi connectivity index (χ0) is 25.2. The van der Waals surface area contributed by atoms with Crippen molar-refractivity contribution in [2.45, 2.75) is 6.92 Å². The molecule has 35 heavy (non-hydrogen) atoms. The van der Waals surface area contributed by atoms with Gasteiger partial charge in [0.05, 0.1) is 28.0 Å². The van der Waals surface area contributed by atoms with Gasteiger partial charge in [0.15, 0.2) is 0 Å². The molecule has 1 aromatic heterocycles. The predicted molar refractivity (Wildman–Crippen MR) is 141 cm³/mol. The van der Waals surface area contributed by atoms with Gasteiger partial charge in [-0.1, -0.05) is 53.8 Å². The molecule has 0 spiro atoms. The number of amides is 1. The van der Waals surface area contributed by atoms with Gasteiger partial charge in [0.25, 0.3) is 16.0 Å². The van der Waals surface area contributed by atoms with Crippen molar-refractivity contribution in [3.05, 3.63) is 70.2 Å². The molecule has 0 saturated carbocycles. The average Bonchev–Trinajstić information content (AvgIpc) is 3.35. The first-order chi connectivity index (χ1) is 16.7. The number of halogens is 1. The maximum Gasteiger partial charge on any atom is 0.266 e. The Hall–Kier alpha value is -2.70. The highest BCUT2D eigenvalue weighted by Gasteiger charge is 2.33. The van der Waals surface area contributed by atoms with E-state index in [4.69, 9.17) is 38.2 Å². The minimum atomic E-state index is -4.24. The number of rotatable bonds is 8. The third kappa shape index (κ3) is 5.93. The van der Waals surface area contributed by atoms with Crippen LogP contribution >= 0.6 is 35.6 Å². The number of carbonyl (C=O) groups is 1. The van der Waals surface area contributed by atoms with Crippen LogP contribution in [0.4, 0.5) is 0 Å². The van der Waals surface area contributed by atoms with Gasteiger partial charge in [-0.05, 0) is 43.3 Å². The van der Waals surface area contributed by atoms with E-state index in [0.717, 1.165) is 27.9 Å². The Labute approximate surface area is 217 Å².